The van der Waals surface area contributed by atoms with E-state index < -0.39 is 11.8 Å². The third-order valence-corrected chi connectivity index (χ3v) is 2.70. The zero-order valence-electron chi connectivity index (χ0n) is 9.37. The van der Waals surface area contributed by atoms with Crippen molar-refractivity contribution in [3.8, 4) is 0 Å². The molecule has 0 radical (unpaired) electrons. The maximum Gasteiger partial charge on any atom is 0.251 e. The third-order valence-electron chi connectivity index (χ3n) is 2.70. The molecule has 0 bridgehead atoms. The summed E-state index contributed by atoms with van der Waals surface area (Å²) in [4.78, 5) is 0. The van der Waals surface area contributed by atoms with E-state index in [2.05, 4.69) is 5.32 Å². The van der Waals surface area contributed by atoms with E-state index in [0.717, 1.165) is 13.1 Å². The molecule has 1 heterocycles. The fourth-order valence-electron chi connectivity index (χ4n) is 2.10. The van der Waals surface area contributed by atoms with Gasteiger partial charge in [0.2, 0.25) is 0 Å². The van der Waals surface area contributed by atoms with Crippen LogP contribution in [0.3, 0.4) is 0 Å². The lowest BCUT2D eigenvalue weighted by molar-refractivity contribution is -0.0955. The Balaban J connectivity index is 2.54. The van der Waals surface area contributed by atoms with Gasteiger partial charge in [-0.25, -0.2) is 8.78 Å². The molecule has 0 amide bonds. The highest BCUT2D eigenvalue weighted by Crippen LogP contribution is 2.40. The largest absolute Gasteiger partial charge is 0.317 e. The zero-order chi connectivity index (χ0) is 10.8. The molecule has 0 aliphatic carbocycles. The average Bonchev–Trinajstić information content (AvgIpc) is 2.01. The van der Waals surface area contributed by atoms with Crippen molar-refractivity contribution in [2.24, 2.45) is 11.3 Å². The Hall–Kier alpha value is -0.180. The van der Waals surface area contributed by atoms with Crippen LogP contribution in [0, 0.1) is 11.3 Å². The third kappa shape index (κ3) is 3.52. The molecule has 0 spiro atoms. The topological polar surface area (TPSA) is 12.0 Å². The Bertz CT molecular complexity index is 178. The SMILES string of the molecule is CC(C)(C)CC(F)(F)C1CCNCC1. The molecule has 0 saturated carbocycles. The number of hydrogen-bond acceptors (Lipinski definition) is 1. The summed E-state index contributed by atoms with van der Waals surface area (Å²) in [5.41, 5.74) is -0.283. The molecular weight excluding hydrogens is 184 g/mol. The molecule has 0 aromatic heterocycles. The van der Waals surface area contributed by atoms with Crippen LogP contribution in [-0.4, -0.2) is 19.0 Å². The Kier molecular flexibility index (Phi) is 3.51. The van der Waals surface area contributed by atoms with Crippen LogP contribution >= 0.6 is 0 Å². The van der Waals surface area contributed by atoms with Crippen LogP contribution in [0.1, 0.15) is 40.0 Å². The molecule has 3 heteroatoms. The lowest BCUT2D eigenvalue weighted by Crippen LogP contribution is -2.40. The molecule has 14 heavy (non-hydrogen) atoms. The van der Waals surface area contributed by atoms with Crippen molar-refractivity contribution >= 4 is 0 Å². The molecule has 1 saturated heterocycles. The lowest BCUT2D eigenvalue weighted by Gasteiger charge is -2.34. The minimum absolute atomic E-state index is 0.00463. The van der Waals surface area contributed by atoms with Crippen molar-refractivity contribution in [1.82, 2.24) is 5.32 Å². The van der Waals surface area contributed by atoms with E-state index in [-0.39, 0.29) is 11.8 Å². The highest BCUT2D eigenvalue weighted by Gasteiger charge is 2.42. The summed E-state index contributed by atoms with van der Waals surface area (Å²) in [6, 6.07) is 0. The fourth-order valence-corrected chi connectivity index (χ4v) is 2.10. The summed E-state index contributed by atoms with van der Waals surface area (Å²) in [6.07, 6.45) is 1.23. The van der Waals surface area contributed by atoms with Crippen LogP contribution in [0.15, 0.2) is 0 Å². The quantitative estimate of drug-likeness (QED) is 0.730. The first-order chi connectivity index (χ1) is 6.31. The molecule has 84 valence electrons. The summed E-state index contributed by atoms with van der Waals surface area (Å²) in [6.45, 7) is 7.11. The second-order valence-corrected chi connectivity index (χ2v) is 5.52. The highest BCUT2D eigenvalue weighted by atomic mass is 19.3. The van der Waals surface area contributed by atoms with Gasteiger partial charge < -0.3 is 5.32 Å². The first-order valence-electron chi connectivity index (χ1n) is 5.40. The second kappa shape index (κ2) is 4.13. The van der Waals surface area contributed by atoms with Gasteiger partial charge in [0.1, 0.15) is 0 Å². The monoisotopic (exact) mass is 205 g/mol. The highest BCUT2D eigenvalue weighted by molar-refractivity contribution is 4.85. The molecule has 1 N–H and O–H groups in total. The van der Waals surface area contributed by atoms with Crippen LogP contribution < -0.4 is 5.32 Å². The molecular formula is C11H21F2N. The first kappa shape index (κ1) is 11.9. The van der Waals surface area contributed by atoms with Crippen LogP contribution in [0.5, 0.6) is 0 Å². The number of alkyl halides is 2. The Morgan fingerprint density at radius 3 is 2.07 bits per heavy atom. The van der Waals surface area contributed by atoms with Crippen molar-refractivity contribution in [1.29, 1.82) is 0 Å². The zero-order valence-corrected chi connectivity index (χ0v) is 9.37. The second-order valence-electron chi connectivity index (χ2n) is 5.52. The van der Waals surface area contributed by atoms with Gasteiger partial charge in [-0.3, -0.25) is 0 Å². The van der Waals surface area contributed by atoms with Gasteiger partial charge in [0.05, 0.1) is 0 Å². The van der Waals surface area contributed by atoms with E-state index in [0.29, 0.717) is 12.8 Å². The first-order valence-corrected chi connectivity index (χ1v) is 5.40. The summed E-state index contributed by atoms with van der Waals surface area (Å²) in [5.74, 6) is -2.90. The van der Waals surface area contributed by atoms with Gasteiger partial charge in [0, 0.05) is 12.3 Å². The van der Waals surface area contributed by atoms with Gasteiger partial charge in [-0.2, -0.15) is 0 Å². The predicted molar refractivity (Wildman–Crippen MR) is 54.6 cm³/mol. The van der Waals surface area contributed by atoms with E-state index in [9.17, 15) is 8.78 Å². The van der Waals surface area contributed by atoms with Crippen molar-refractivity contribution in [3.05, 3.63) is 0 Å². The average molecular weight is 205 g/mol. The van der Waals surface area contributed by atoms with Gasteiger partial charge in [-0.15, -0.1) is 0 Å². The maximum absolute atomic E-state index is 13.8. The Morgan fingerprint density at radius 1 is 1.14 bits per heavy atom. The van der Waals surface area contributed by atoms with Crippen LogP contribution in [0.4, 0.5) is 8.78 Å². The fraction of sp³-hybridized carbons (Fsp3) is 1.00. The molecule has 0 aromatic carbocycles. The summed E-state index contributed by atoms with van der Waals surface area (Å²) in [7, 11) is 0. The molecule has 0 atom stereocenters. The van der Waals surface area contributed by atoms with Crippen molar-refractivity contribution in [2.75, 3.05) is 13.1 Å². The minimum Gasteiger partial charge on any atom is -0.317 e. The molecule has 1 rings (SSSR count). The van der Waals surface area contributed by atoms with Crippen molar-refractivity contribution in [3.63, 3.8) is 0 Å². The van der Waals surface area contributed by atoms with Gasteiger partial charge in [-0.05, 0) is 31.3 Å². The van der Waals surface area contributed by atoms with E-state index in [1.165, 1.54) is 0 Å². The number of nitrogens with one attached hydrogen (secondary N) is 1. The molecule has 1 fully saturated rings. The number of halogens is 2. The number of rotatable bonds is 2. The standard InChI is InChI=1S/C11H21F2N/c1-10(2,3)8-11(12,13)9-4-6-14-7-5-9/h9,14H,4-8H2,1-3H3. The summed E-state index contributed by atoms with van der Waals surface area (Å²) >= 11 is 0. The lowest BCUT2D eigenvalue weighted by atomic mass is 9.80. The van der Waals surface area contributed by atoms with Gasteiger partial charge in [0.25, 0.3) is 5.92 Å². The molecule has 0 aromatic rings. The van der Waals surface area contributed by atoms with Crippen LogP contribution in [0.25, 0.3) is 0 Å². The normalized spacial score (nSPS) is 21.2. The van der Waals surface area contributed by atoms with Gasteiger partial charge in [0.15, 0.2) is 0 Å². The molecule has 0 unspecified atom stereocenters. The predicted octanol–water partition coefficient (Wildman–Crippen LogP) is 3.06. The van der Waals surface area contributed by atoms with Crippen molar-refractivity contribution in [2.45, 2.75) is 46.0 Å². The van der Waals surface area contributed by atoms with Gasteiger partial charge >= 0.3 is 0 Å². The van der Waals surface area contributed by atoms with Crippen molar-refractivity contribution < 1.29 is 8.78 Å². The Labute approximate surface area is 85.3 Å². The van der Waals surface area contributed by atoms with E-state index in [4.69, 9.17) is 0 Å². The van der Waals surface area contributed by atoms with E-state index >= 15 is 0 Å². The summed E-state index contributed by atoms with van der Waals surface area (Å²) in [5, 5.41) is 3.12. The Morgan fingerprint density at radius 2 is 1.64 bits per heavy atom. The van der Waals surface area contributed by atoms with Crippen LogP contribution in [0.2, 0.25) is 0 Å². The smallest absolute Gasteiger partial charge is 0.251 e. The molecule has 1 aliphatic rings. The molecule has 1 nitrogen and oxygen atoms in total. The summed E-state index contributed by atoms with van der Waals surface area (Å²) < 4.78 is 27.6. The number of hydrogen-bond donors (Lipinski definition) is 1. The number of piperidine rings is 1. The van der Waals surface area contributed by atoms with E-state index in [1.807, 2.05) is 20.8 Å². The van der Waals surface area contributed by atoms with E-state index in [1.54, 1.807) is 0 Å². The minimum atomic E-state index is -2.49. The maximum atomic E-state index is 13.8. The molecule has 1 aliphatic heterocycles. The van der Waals surface area contributed by atoms with Crippen LogP contribution in [-0.2, 0) is 0 Å². The van der Waals surface area contributed by atoms with Gasteiger partial charge in [-0.1, -0.05) is 20.8 Å².